The Kier molecular flexibility index (Phi) is 9.43. The van der Waals surface area contributed by atoms with E-state index < -0.39 is 31.0 Å². The second-order valence-electron chi connectivity index (χ2n) is 16.9. The van der Waals surface area contributed by atoms with Crippen molar-refractivity contribution in [2.24, 2.45) is 0 Å². The smallest absolute Gasteiger partial charge is 0.142 e. The highest BCUT2D eigenvalue weighted by atomic mass is 31.1. The Hall–Kier alpha value is -7.40. The van der Waals surface area contributed by atoms with Gasteiger partial charge in [0, 0.05) is 40.9 Å². The summed E-state index contributed by atoms with van der Waals surface area (Å²) in [6.07, 6.45) is 0. The minimum atomic E-state index is -1.28. The third-order valence-corrected chi connectivity index (χ3v) is 21.3. The van der Waals surface area contributed by atoms with Crippen LogP contribution in [-0.2, 0) is 0 Å². The molecule has 0 aliphatic rings. The van der Waals surface area contributed by atoms with Crippen LogP contribution in [0.3, 0.4) is 0 Å². The van der Waals surface area contributed by atoms with Crippen LogP contribution in [0, 0.1) is 0 Å². The van der Waals surface area contributed by atoms with E-state index in [-0.39, 0.29) is 0 Å². The molecule has 0 radical (unpaired) electrons. The lowest BCUT2D eigenvalue weighted by molar-refractivity contribution is 0.595. The van der Waals surface area contributed by atoms with Crippen LogP contribution >= 0.6 is 31.0 Å². The maximum Gasteiger partial charge on any atom is 0.142 e. The molecular formula is C60H38O4P4. The lowest BCUT2D eigenvalue weighted by atomic mass is 10.0. The molecule has 0 saturated heterocycles. The van der Waals surface area contributed by atoms with Crippen molar-refractivity contribution in [1.82, 2.24) is 0 Å². The third-order valence-electron chi connectivity index (χ3n) is 13.1. The highest BCUT2D eigenvalue weighted by Gasteiger charge is 2.28. The van der Waals surface area contributed by atoms with Gasteiger partial charge in [-0.3, -0.25) is 0 Å². The minimum absolute atomic E-state index is 0.705. The zero-order valence-electron chi connectivity index (χ0n) is 36.4. The van der Waals surface area contributed by atoms with Crippen LogP contribution in [0.15, 0.2) is 231 Å². The largest absolute Gasteiger partial charge is 0.444 e. The molecule has 68 heavy (non-hydrogen) atoms. The summed E-state index contributed by atoms with van der Waals surface area (Å²) in [5.41, 5.74) is 1.61. The van der Waals surface area contributed by atoms with Crippen LogP contribution < -0.4 is 18.1 Å². The van der Waals surface area contributed by atoms with Crippen LogP contribution in [-0.4, -0.2) is 0 Å². The molecule has 0 fully saturated rings. The number of rotatable bonds is 9. The lowest BCUT2D eigenvalue weighted by Crippen LogP contribution is -1.96. The van der Waals surface area contributed by atoms with Crippen LogP contribution in [0.2, 0.25) is 0 Å². The Morgan fingerprint density at radius 2 is 0.338 bits per heavy atom. The van der Waals surface area contributed by atoms with Crippen molar-refractivity contribution in [3.63, 3.8) is 0 Å². The Morgan fingerprint density at radius 1 is 0.176 bits per heavy atom. The molecule has 0 aliphatic carbocycles. The van der Waals surface area contributed by atoms with Crippen molar-refractivity contribution in [2.45, 2.75) is 0 Å². The van der Waals surface area contributed by atoms with Gasteiger partial charge in [-0.15, -0.1) is 0 Å². The van der Waals surface area contributed by atoms with Gasteiger partial charge in [-0.25, -0.2) is 0 Å². The summed E-state index contributed by atoms with van der Waals surface area (Å²) in [7, 11) is -5.12. The molecule has 0 N–H and O–H groups in total. The molecule has 0 spiro atoms. The average molecular weight is 947 g/mol. The highest BCUT2D eigenvalue weighted by molar-refractivity contribution is 7.58. The fourth-order valence-electron chi connectivity index (χ4n) is 10.2. The summed E-state index contributed by atoms with van der Waals surface area (Å²) in [5.74, 6) is 2.82. The third kappa shape index (κ3) is 6.23. The molecule has 0 bridgehead atoms. The van der Waals surface area contributed by atoms with E-state index in [0.29, 0.717) is 23.0 Å². The van der Waals surface area contributed by atoms with Crippen LogP contribution in [0.1, 0.15) is 0 Å². The summed E-state index contributed by atoms with van der Waals surface area (Å²) < 4.78 is 30.5. The summed E-state index contributed by atoms with van der Waals surface area (Å²) in [6, 6.07) is 82.0. The van der Waals surface area contributed by atoms with Crippen molar-refractivity contribution in [2.75, 3.05) is 0 Å². The molecule has 10 aromatic carbocycles. The van der Waals surface area contributed by atoms with E-state index in [1.807, 2.05) is 0 Å². The van der Waals surface area contributed by atoms with Crippen molar-refractivity contribution in [3.8, 4) is 34.1 Å². The number of hydrogen-bond acceptors (Lipinski definition) is 4. The zero-order valence-corrected chi connectivity index (χ0v) is 39.9. The van der Waals surface area contributed by atoms with Gasteiger partial charge < -0.3 is 18.1 Å². The molecule has 0 atom stereocenters. The molecular weight excluding hydrogens is 909 g/mol. The standard InChI is InChI=1S/C60H38O4P4/c1-9-31-51-39(19-1)40-20-2-10-32-52(40)65(51)61-47-27-17-28-48(62-66-53-33-11-3-21-41(53)42-22-4-12-34-54(42)66)59(47)60-49(63-67-55-35-13-5-23-43(55)44-24-6-14-36-56(44)67)29-18-30-50(60)64-68-57-37-15-7-25-45(57)46-26-8-16-38-58(46)68/h1-38H. The van der Waals surface area contributed by atoms with Gasteiger partial charge in [0.2, 0.25) is 0 Å². The topological polar surface area (TPSA) is 36.9 Å². The Balaban J connectivity index is 1.07. The van der Waals surface area contributed by atoms with Crippen LogP contribution in [0.4, 0.5) is 0 Å². The molecule has 0 amide bonds. The molecule has 0 unspecified atom stereocenters. The molecule has 4 nitrogen and oxygen atoms in total. The average Bonchev–Trinajstić information content (AvgIpc) is 4.10. The van der Waals surface area contributed by atoms with Crippen LogP contribution in [0.25, 0.3) is 95.2 Å². The monoisotopic (exact) mass is 946 g/mol. The minimum Gasteiger partial charge on any atom is -0.444 e. The second-order valence-corrected chi connectivity index (χ2v) is 23.9. The number of fused-ring (bicyclic) bond motifs is 12. The van der Waals surface area contributed by atoms with E-state index in [1.54, 1.807) is 0 Å². The lowest BCUT2D eigenvalue weighted by Gasteiger charge is -2.22. The molecule has 0 saturated carbocycles. The molecule has 8 heteroatoms. The Labute approximate surface area is 395 Å². The summed E-state index contributed by atoms with van der Waals surface area (Å²) in [5, 5.41) is 19.2. The molecule has 14 aromatic rings. The molecule has 4 heterocycles. The maximum absolute atomic E-state index is 7.62. The molecule has 14 rings (SSSR count). The molecule has 4 aromatic heterocycles. The van der Waals surface area contributed by atoms with Gasteiger partial charge in [0.15, 0.2) is 0 Å². The summed E-state index contributed by atoms with van der Waals surface area (Å²) in [6.45, 7) is 0. The van der Waals surface area contributed by atoms with Crippen LogP contribution in [0.5, 0.6) is 23.0 Å². The van der Waals surface area contributed by atoms with E-state index >= 15 is 0 Å². The Bertz CT molecular complexity index is 3550. The first-order valence-electron chi connectivity index (χ1n) is 22.7. The molecule has 322 valence electrons. The van der Waals surface area contributed by atoms with Gasteiger partial charge in [-0.2, -0.15) is 0 Å². The second kappa shape index (κ2) is 16.1. The fourth-order valence-corrected chi connectivity index (χ4v) is 18.5. The first-order valence-corrected chi connectivity index (χ1v) is 27.7. The highest BCUT2D eigenvalue weighted by Crippen LogP contribution is 2.61. The van der Waals surface area contributed by atoms with Gasteiger partial charge in [0.25, 0.3) is 0 Å². The van der Waals surface area contributed by atoms with Gasteiger partial charge >= 0.3 is 0 Å². The fraction of sp³-hybridized carbons (Fsp3) is 0. The van der Waals surface area contributed by atoms with Crippen molar-refractivity contribution >= 4 is 115 Å². The predicted octanol–water partition coefficient (Wildman–Crippen LogP) is 19.9. The van der Waals surface area contributed by atoms with Gasteiger partial charge in [0.1, 0.15) is 23.0 Å². The first kappa shape index (κ1) is 39.7. The van der Waals surface area contributed by atoms with E-state index in [9.17, 15) is 0 Å². The van der Waals surface area contributed by atoms with E-state index in [2.05, 4.69) is 231 Å². The van der Waals surface area contributed by atoms with Gasteiger partial charge in [0.05, 0.1) is 42.2 Å². The van der Waals surface area contributed by atoms with Gasteiger partial charge in [-0.1, -0.05) is 158 Å². The normalized spacial score (nSPS) is 11.8. The van der Waals surface area contributed by atoms with Gasteiger partial charge in [-0.05, 0) is 116 Å². The van der Waals surface area contributed by atoms with E-state index in [0.717, 1.165) is 11.1 Å². The quantitative estimate of drug-likeness (QED) is 0.144. The number of hydrogen-bond donors (Lipinski definition) is 0. The predicted molar refractivity (Wildman–Crippen MR) is 293 cm³/mol. The van der Waals surface area contributed by atoms with E-state index in [4.69, 9.17) is 18.1 Å². The SMILES string of the molecule is c1cc(Op2c3ccccc3c3ccccc32)c(-c2c(Op3c4ccccc4c4ccccc43)cccc2Op2c3ccccc3c3ccccc32)c(Op2c3ccccc3c3ccccc32)c1. The molecule has 0 aliphatic heterocycles. The zero-order chi connectivity index (χ0) is 44.7. The maximum atomic E-state index is 7.62. The summed E-state index contributed by atoms with van der Waals surface area (Å²) >= 11 is 0. The van der Waals surface area contributed by atoms with Crippen molar-refractivity contribution in [1.29, 1.82) is 0 Å². The summed E-state index contributed by atoms with van der Waals surface area (Å²) in [4.78, 5) is 0. The van der Waals surface area contributed by atoms with Crippen molar-refractivity contribution in [3.05, 3.63) is 231 Å². The van der Waals surface area contributed by atoms with Crippen molar-refractivity contribution < 1.29 is 18.1 Å². The first-order chi connectivity index (χ1) is 33.8. The Morgan fingerprint density at radius 3 is 0.515 bits per heavy atom. The number of benzene rings is 10. The van der Waals surface area contributed by atoms with E-state index in [1.165, 1.54) is 84.0 Å².